The van der Waals surface area contributed by atoms with Crippen LogP contribution >= 0.6 is 11.6 Å². The number of nitrogens with one attached hydrogen (secondary N) is 2. The number of halogens is 1. The Morgan fingerprint density at radius 1 is 0.818 bits per heavy atom. The van der Waals surface area contributed by atoms with E-state index in [0.29, 0.717) is 34.3 Å². The second-order valence-corrected chi connectivity index (χ2v) is 7.68. The minimum absolute atomic E-state index is 0.0563. The third-order valence-corrected chi connectivity index (χ3v) is 5.12. The number of benzene rings is 3. The van der Waals surface area contributed by atoms with Crippen molar-refractivity contribution < 1.29 is 23.9 Å². The van der Waals surface area contributed by atoms with Crippen LogP contribution in [0.5, 0.6) is 11.5 Å². The Balaban J connectivity index is 1.42. The number of hydrazine groups is 1. The van der Waals surface area contributed by atoms with E-state index in [1.54, 1.807) is 60.7 Å². The van der Waals surface area contributed by atoms with Gasteiger partial charge in [-0.15, -0.1) is 0 Å². The maximum Gasteiger partial charge on any atom is 0.276 e. The van der Waals surface area contributed by atoms with Gasteiger partial charge in [-0.25, -0.2) is 0 Å². The van der Waals surface area contributed by atoms with Crippen LogP contribution in [-0.2, 0) is 11.4 Å². The van der Waals surface area contributed by atoms with Gasteiger partial charge in [-0.1, -0.05) is 23.7 Å². The zero-order valence-electron chi connectivity index (χ0n) is 18.2. The van der Waals surface area contributed by atoms with Gasteiger partial charge in [0.2, 0.25) is 0 Å². The molecule has 8 heteroatoms. The van der Waals surface area contributed by atoms with Crippen LogP contribution in [0.1, 0.15) is 38.8 Å². The van der Waals surface area contributed by atoms with Gasteiger partial charge >= 0.3 is 0 Å². The summed E-state index contributed by atoms with van der Waals surface area (Å²) in [5.74, 6) is 0.0999. The van der Waals surface area contributed by atoms with Crippen LogP contribution in [0.25, 0.3) is 0 Å². The molecule has 2 N–H and O–H groups in total. The lowest BCUT2D eigenvalue weighted by molar-refractivity contribution is -0.123. The topological polar surface area (TPSA) is 93.7 Å². The van der Waals surface area contributed by atoms with Crippen molar-refractivity contribution in [1.29, 1.82) is 0 Å². The number of carbonyl (C=O) groups is 3. The molecule has 0 saturated heterocycles. The minimum atomic E-state index is -0.526. The van der Waals surface area contributed by atoms with Gasteiger partial charge in [-0.05, 0) is 79.6 Å². The third-order valence-electron chi connectivity index (χ3n) is 4.70. The van der Waals surface area contributed by atoms with Crippen LogP contribution in [0.4, 0.5) is 0 Å². The second-order valence-electron chi connectivity index (χ2n) is 7.27. The molecule has 0 atom stereocenters. The molecule has 170 valence electrons. The highest BCUT2D eigenvalue weighted by molar-refractivity contribution is 6.31. The molecular weight excluding hydrogens is 444 g/mol. The largest absolute Gasteiger partial charge is 0.489 e. The minimum Gasteiger partial charge on any atom is -0.489 e. The van der Waals surface area contributed by atoms with Gasteiger partial charge in [0.25, 0.3) is 11.8 Å². The average molecular weight is 467 g/mol. The predicted octanol–water partition coefficient (Wildman–Crippen LogP) is 4.27. The van der Waals surface area contributed by atoms with Crippen molar-refractivity contribution in [2.75, 3.05) is 6.61 Å². The zero-order valence-corrected chi connectivity index (χ0v) is 18.9. The summed E-state index contributed by atoms with van der Waals surface area (Å²) in [4.78, 5) is 35.4. The van der Waals surface area contributed by atoms with E-state index in [-0.39, 0.29) is 12.4 Å². The van der Waals surface area contributed by atoms with Crippen molar-refractivity contribution in [3.63, 3.8) is 0 Å². The highest BCUT2D eigenvalue weighted by atomic mass is 35.5. The SMILES string of the molecule is CC(=O)c1ccc(OCC(=O)NNC(=O)c2ccc(COc3ccc(Cl)c(C)c3)cc2)cc1. The van der Waals surface area contributed by atoms with Crippen molar-refractivity contribution >= 4 is 29.2 Å². The van der Waals surface area contributed by atoms with E-state index in [9.17, 15) is 14.4 Å². The van der Waals surface area contributed by atoms with Gasteiger partial charge in [-0.3, -0.25) is 25.2 Å². The molecule has 0 radical (unpaired) electrons. The Hall–Kier alpha value is -3.84. The smallest absolute Gasteiger partial charge is 0.276 e. The molecule has 0 spiro atoms. The lowest BCUT2D eigenvalue weighted by Gasteiger charge is -2.10. The number of ether oxygens (including phenoxy) is 2. The Labute approximate surface area is 196 Å². The summed E-state index contributed by atoms with van der Waals surface area (Å²) in [6.07, 6.45) is 0. The van der Waals surface area contributed by atoms with Crippen molar-refractivity contribution in [3.8, 4) is 11.5 Å². The molecule has 3 rings (SSSR count). The number of rotatable bonds is 8. The van der Waals surface area contributed by atoms with Crippen LogP contribution in [-0.4, -0.2) is 24.2 Å². The van der Waals surface area contributed by atoms with Gasteiger partial charge in [0, 0.05) is 16.1 Å². The summed E-state index contributed by atoms with van der Waals surface area (Å²) in [7, 11) is 0. The Kier molecular flexibility index (Phi) is 8.05. The molecule has 2 amide bonds. The van der Waals surface area contributed by atoms with Crippen LogP contribution < -0.4 is 20.3 Å². The van der Waals surface area contributed by atoms with E-state index in [4.69, 9.17) is 21.1 Å². The molecule has 0 aliphatic rings. The lowest BCUT2D eigenvalue weighted by atomic mass is 10.1. The first kappa shape index (κ1) is 23.8. The van der Waals surface area contributed by atoms with Crippen LogP contribution in [0.3, 0.4) is 0 Å². The van der Waals surface area contributed by atoms with E-state index >= 15 is 0 Å². The van der Waals surface area contributed by atoms with Gasteiger partial charge in [-0.2, -0.15) is 0 Å². The van der Waals surface area contributed by atoms with E-state index in [1.165, 1.54) is 6.92 Å². The number of aryl methyl sites for hydroxylation is 1. The van der Waals surface area contributed by atoms with Crippen molar-refractivity contribution in [3.05, 3.63) is 94.0 Å². The van der Waals surface area contributed by atoms with Gasteiger partial charge < -0.3 is 9.47 Å². The van der Waals surface area contributed by atoms with Crippen LogP contribution in [0.2, 0.25) is 5.02 Å². The lowest BCUT2D eigenvalue weighted by Crippen LogP contribution is -2.43. The average Bonchev–Trinajstić information content (AvgIpc) is 2.82. The Bertz CT molecular complexity index is 1140. The summed E-state index contributed by atoms with van der Waals surface area (Å²) in [6.45, 7) is 3.42. The number of hydrogen-bond acceptors (Lipinski definition) is 5. The number of ketones is 1. The predicted molar refractivity (Wildman–Crippen MR) is 125 cm³/mol. The highest BCUT2D eigenvalue weighted by Gasteiger charge is 2.09. The van der Waals surface area contributed by atoms with Crippen LogP contribution in [0, 0.1) is 6.92 Å². The van der Waals surface area contributed by atoms with Crippen molar-refractivity contribution in [1.82, 2.24) is 10.9 Å². The quantitative estimate of drug-likeness (QED) is 0.382. The molecule has 0 heterocycles. The summed E-state index contributed by atoms with van der Waals surface area (Å²) in [5, 5.41) is 0.680. The van der Waals surface area contributed by atoms with Gasteiger partial charge in [0.05, 0.1) is 0 Å². The summed E-state index contributed by atoms with van der Waals surface area (Å²) >= 11 is 6.01. The first-order valence-electron chi connectivity index (χ1n) is 10.1. The van der Waals surface area contributed by atoms with Crippen molar-refractivity contribution in [2.45, 2.75) is 20.5 Å². The molecular formula is C25H23ClN2O5. The molecule has 0 aliphatic heterocycles. The monoisotopic (exact) mass is 466 g/mol. The van der Waals surface area contributed by atoms with E-state index in [1.807, 2.05) is 13.0 Å². The number of Topliss-reactive ketones (excluding diaryl/α,β-unsaturated/α-hetero) is 1. The first-order valence-corrected chi connectivity index (χ1v) is 10.5. The van der Waals surface area contributed by atoms with E-state index in [2.05, 4.69) is 10.9 Å². The molecule has 3 aromatic carbocycles. The number of amides is 2. The Morgan fingerprint density at radius 3 is 2.09 bits per heavy atom. The summed E-state index contributed by atoms with van der Waals surface area (Å²) in [5.41, 5.74) is 7.38. The molecule has 0 unspecified atom stereocenters. The molecule has 33 heavy (non-hydrogen) atoms. The molecule has 0 aliphatic carbocycles. The Morgan fingerprint density at radius 2 is 1.45 bits per heavy atom. The van der Waals surface area contributed by atoms with E-state index in [0.717, 1.165) is 11.1 Å². The fourth-order valence-corrected chi connectivity index (χ4v) is 2.91. The molecule has 0 saturated carbocycles. The van der Waals surface area contributed by atoms with E-state index < -0.39 is 11.8 Å². The van der Waals surface area contributed by atoms with Crippen molar-refractivity contribution in [2.24, 2.45) is 0 Å². The molecule has 7 nitrogen and oxygen atoms in total. The molecule has 0 bridgehead atoms. The first-order chi connectivity index (χ1) is 15.8. The summed E-state index contributed by atoms with van der Waals surface area (Å²) in [6, 6.07) is 18.7. The summed E-state index contributed by atoms with van der Waals surface area (Å²) < 4.78 is 11.1. The molecule has 0 aromatic heterocycles. The normalized spacial score (nSPS) is 10.3. The third kappa shape index (κ3) is 7.08. The highest BCUT2D eigenvalue weighted by Crippen LogP contribution is 2.22. The fraction of sp³-hybridized carbons (Fsp3) is 0.160. The second kappa shape index (κ2) is 11.2. The van der Waals surface area contributed by atoms with Gasteiger partial charge in [0.15, 0.2) is 12.4 Å². The number of carbonyl (C=O) groups excluding carboxylic acids is 3. The van der Waals surface area contributed by atoms with Gasteiger partial charge in [0.1, 0.15) is 18.1 Å². The molecule has 0 fully saturated rings. The van der Waals surface area contributed by atoms with Crippen LogP contribution in [0.15, 0.2) is 66.7 Å². The molecule has 3 aromatic rings. The maximum atomic E-state index is 12.2. The fourth-order valence-electron chi connectivity index (χ4n) is 2.80. The zero-order chi connectivity index (χ0) is 23.8. The maximum absolute atomic E-state index is 12.2. The standard InChI is InChI=1S/C25H23ClN2O5/c1-16-13-22(11-12-23(16)26)32-14-18-3-5-20(6-4-18)25(31)28-27-24(30)15-33-21-9-7-19(8-10-21)17(2)29/h3-13H,14-15H2,1-2H3,(H,27,30)(H,28,31). The number of hydrogen-bond donors (Lipinski definition) is 2.